The molecule has 0 saturated heterocycles. The van der Waals surface area contributed by atoms with E-state index in [0.717, 1.165) is 12.0 Å². The fourth-order valence-corrected chi connectivity index (χ4v) is 2.25. The molecule has 0 atom stereocenters. The molecule has 0 spiro atoms. The van der Waals surface area contributed by atoms with E-state index in [0.29, 0.717) is 22.4 Å². The Balaban J connectivity index is 1.99. The summed E-state index contributed by atoms with van der Waals surface area (Å²) < 4.78 is 15.8. The molecule has 0 aliphatic rings. The van der Waals surface area contributed by atoms with Crippen LogP contribution in [0.5, 0.6) is 17.6 Å². The minimum Gasteiger partial charge on any atom is -0.497 e. The molecule has 3 rings (SSSR count). The van der Waals surface area contributed by atoms with Gasteiger partial charge in [0.2, 0.25) is 0 Å². The number of nitrogens with zero attached hydrogens (tertiary/aromatic N) is 1. The molecule has 112 valence electrons. The summed E-state index contributed by atoms with van der Waals surface area (Å²) in [7, 11) is 1.59. The van der Waals surface area contributed by atoms with Crippen LogP contribution >= 0.6 is 0 Å². The second kappa shape index (κ2) is 5.89. The summed E-state index contributed by atoms with van der Waals surface area (Å²) in [5.74, 6) is 1.23. The van der Waals surface area contributed by atoms with Gasteiger partial charge in [0.15, 0.2) is 0 Å². The van der Waals surface area contributed by atoms with Crippen LogP contribution in [-0.2, 0) is 6.42 Å². The van der Waals surface area contributed by atoms with Gasteiger partial charge in [0.05, 0.1) is 18.0 Å². The van der Waals surface area contributed by atoms with E-state index in [1.165, 1.54) is 0 Å². The van der Waals surface area contributed by atoms with E-state index in [2.05, 4.69) is 4.98 Å². The Bertz CT molecular complexity index is 853. The van der Waals surface area contributed by atoms with E-state index < -0.39 is 5.63 Å². The Kier molecular flexibility index (Phi) is 3.78. The lowest BCUT2D eigenvalue weighted by molar-refractivity contribution is 0.306. The van der Waals surface area contributed by atoms with Gasteiger partial charge in [-0.3, -0.25) is 0 Å². The highest BCUT2D eigenvalue weighted by Gasteiger charge is 2.11. The van der Waals surface area contributed by atoms with Crippen molar-refractivity contribution in [2.45, 2.75) is 13.3 Å². The SMILES string of the molecule is CCc1cccc2nc(Oc3ccc(OC)cc3)oc(=O)c12. The van der Waals surface area contributed by atoms with Gasteiger partial charge in [-0.2, -0.15) is 4.98 Å². The minimum absolute atomic E-state index is 0.0732. The van der Waals surface area contributed by atoms with E-state index in [9.17, 15) is 4.79 Å². The lowest BCUT2D eigenvalue weighted by atomic mass is 10.1. The maximum absolute atomic E-state index is 12.2. The van der Waals surface area contributed by atoms with Crippen LogP contribution in [0.3, 0.4) is 0 Å². The Morgan fingerprint density at radius 2 is 1.82 bits per heavy atom. The van der Waals surface area contributed by atoms with Gasteiger partial charge in [0.25, 0.3) is 0 Å². The number of hydrogen-bond donors (Lipinski definition) is 0. The Morgan fingerprint density at radius 1 is 1.09 bits per heavy atom. The average molecular weight is 297 g/mol. The molecule has 22 heavy (non-hydrogen) atoms. The first-order valence-corrected chi connectivity index (χ1v) is 6.96. The van der Waals surface area contributed by atoms with Gasteiger partial charge >= 0.3 is 11.7 Å². The number of benzene rings is 2. The van der Waals surface area contributed by atoms with Crippen molar-refractivity contribution in [3.8, 4) is 17.6 Å². The Morgan fingerprint density at radius 3 is 2.50 bits per heavy atom. The number of methoxy groups -OCH3 is 1. The summed E-state index contributed by atoms with van der Waals surface area (Å²) in [4.78, 5) is 16.4. The smallest absolute Gasteiger partial charge is 0.402 e. The summed E-state index contributed by atoms with van der Waals surface area (Å²) in [5.41, 5.74) is 1.04. The molecule has 5 heteroatoms. The molecular formula is C17H15NO4. The molecule has 1 aromatic heterocycles. The molecular weight excluding hydrogens is 282 g/mol. The highest BCUT2D eigenvalue weighted by atomic mass is 16.6. The van der Waals surface area contributed by atoms with Crippen LogP contribution in [0.4, 0.5) is 0 Å². The quantitative estimate of drug-likeness (QED) is 0.737. The molecule has 0 aliphatic heterocycles. The molecule has 0 saturated carbocycles. The first-order chi connectivity index (χ1) is 10.7. The van der Waals surface area contributed by atoms with Crippen LogP contribution < -0.4 is 15.1 Å². The van der Waals surface area contributed by atoms with Crippen LogP contribution in [0.1, 0.15) is 12.5 Å². The lowest BCUT2D eigenvalue weighted by Crippen LogP contribution is -2.05. The van der Waals surface area contributed by atoms with Crippen molar-refractivity contribution in [2.75, 3.05) is 7.11 Å². The minimum atomic E-state index is -0.439. The van der Waals surface area contributed by atoms with E-state index in [1.54, 1.807) is 37.4 Å². The topological polar surface area (TPSA) is 61.6 Å². The second-order valence-electron chi connectivity index (χ2n) is 4.71. The number of hydrogen-bond acceptors (Lipinski definition) is 5. The number of rotatable bonds is 4. The maximum atomic E-state index is 12.2. The largest absolute Gasteiger partial charge is 0.497 e. The predicted octanol–water partition coefficient (Wildman–Crippen LogP) is 3.55. The molecule has 0 fully saturated rings. The molecule has 0 N–H and O–H groups in total. The van der Waals surface area contributed by atoms with Gasteiger partial charge in [-0.05, 0) is 42.3 Å². The Labute approximate surface area is 127 Å². The van der Waals surface area contributed by atoms with Crippen molar-refractivity contribution in [1.29, 1.82) is 0 Å². The molecule has 0 aliphatic carbocycles. The maximum Gasteiger partial charge on any atom is 0.402 e. The molecule has 1 heterocycles. The van der Waals surface area contributed by atoms with E-state index in [-0.39, 0.29) is 6.08 Å². The van der Waals surface area contributed by atoms with Crippen molar-refractivity contribution in [3.05, 3.63) is 58.4 Å². The van der Waals surface area contributed by atoms with Gasteiger partial charge in [-0.1, -0.05) is 19.1 Å². The molecule has 3 aromatic rings. The Hall–Kier alpha value is -2.82. The van der Waals surface area contributed by atoms with Crippen LogP contribution in [0.15, 0.2) is 51.7 Å². The molecule has 0 radical (unpaired) electrons. The lowest BCUT2D eigenvalue weighted by Gasteiger charge is -2.06. The predicted molar refractivity (Wildman–Crippen MR) is 82.7 cm³/mol. The first kappa shape index (κ1) is 14.1. The molecule has 0 amide bonds. The van der Waals surface area contributed by atoms with E-state index >= 15 is 0 Å². The van der Waals surface area contributed by atoms with Crippen molar-refractivity contribution in [2.24, 2.45) is 0 Å². The summed E-state index contributed by atoms with van der Waals surface area (Å²) in [6.07, 6.45) is 0.665. The van der Waals surface area contributed by atoms with Crippen LogP contribution in [0.25, 0.3) is 10.9 Å². The third kappa shape index (κ3) is 2.65. The average Bonchev–Trinajstić information content (AvgIpc) is 2.55. The van der Waals surface area contributed by atoms with Crippen LogP contribution in [0, 0.1) is 0 Å². The van der Waals surface area contributed by atoms with Crippen molar-refractivity contribution >= 4 is 10.9 Å². The van der Waals surface area contributed by atoms with Gasteiger partial charge in [-0.25, -0.2) is 4.79 Å². The molecule has 0 bridgehead atoms. The van der Waals surface area contributed by atoms with Gasteiger partial charge in [0, 0.05) is 0 Å². The standard InChI is InChI=1S/C17H15NO4/c1-3-11-5-4-6-14-15(11)16(19)22-17(18-14)21-13-9-7-12(20-2)8-10-13/h4-10H,3H2,1-2H3. The third-order valence-corrected chi connectivity index (χ3v) is 3.37. The summed E-state index contributed by atoms with van der Waals surface area (Å²) in [5, 5.41) is 0.507. The molecule has 2 aromatic carbocycles. The zero-order valence-corrected chi connectivity index (χ0v) is 12.3. The highest BCUT2D eigenvalue weighted by Crippen LogP contribution is 2.23. The fourth-order valence-electron chi connectivity index (χ4n) is 2.25. The number of aromatic nitrogens is 1. The van der Waals surface area contributed by atoms with Gasteiger partial charge < -0.3 is 13.9 Å². The normalized spacial score (nSPS) is 10.6. The third-order valence-electron chi connectivity index (χ3n) is 3.37. The number of fused-ring (bicyclic) bond motifs is 1. The second-order valence-corrected chi connectivity index (χ2v) is 4.71. The monoisotopic (exact) mass is 297 g/mol. The first-order valence-electron chi connectivity index (χ1n) is 6.96. The summed E-state index contributed by atoms with van der Waals surface area (Å²) in [6, 6.07) is 12.5. The summed E-state index contributed by atoms with van der Waals surface area (Å²) >= 11 is 0. The number of aryl methyl sites for hydroxylation is 1. The highest BCUT2D eigenvalue weighted by molar-refractivity contribution is 5.80. The zero-order valence-electron chi connectivity index (χ0n) is 12.3. The van der Waals surface area contributed by atoms with Crippen LogP contribution in [-0.4, -0.2) is 12.1 Å². The molecule has 5 nitrogen and oxygen atoms in total. The van der Waals surface area contributed by atoms with Crippen molar-refractivity contribution < 1.29 is 13.9 Å². The van der Waals surface area contributed by atoms with Gasteiger partial charge in [-0.15, -0.1) is 0 Å². The summed E-state index contributed by atoms with van der Waals surface area (Å²) in [6.45, 7) is 1.98. The van der Waals surface area contributed by atoms with Gasteiger partial charge in [0.1, 0.15) is 11.5 Å². The number of ether oxygens (including phenoxy) is 2. The zero-order chi connectivity index (χ0) is 15.5. The van der Waals surface area contributed by atoms with Crippen LogP contribution in [0.2, 0.25) is 0 Å². The van der Waals surface area contributed by atoms with Crippen molar-refractivity contribution in [1.82, 2.24) is 4.98 Å². The van der Waals surface area contributed by atoms with E-state index in [1.807, 2.05) is 19.1 Å². The molecule has 0 unspecified atom stereocenters. The van der Waals surface area contributed by atoms with E-state index in [4.69, 9.17) is 13.9 Å². The van der Waals surface area contributed by atoms with Crippen molar-refractivity contribution in [3.63, 3.8) is 0 Å². The fraction of sp³-hybridized carbons (Fsp3) is 0.176.